The molecule has 28 heavy (non-hydrogen) atoms. The van der Waals surface area contributed by atoms with Gasteiger partial charge in [-0.25, -0.2) is 8.42 Å². The average molecular weight is 395 g/mol. The zero-order valence-electron chi connectivity index (χ0n) is 15.3. The van der Waals surface area contributed by atoms with Gasteiger partial charge >= 0.3 is 0 Å². The van der Waals surface area contributed by atoms with E-state index in [9.17, 15) is 8.42 Å². The van der Waals surface area contributed by atoms with E-state index < -0.39 is 9.84 Å². The summed E-state index contributed by atoms with van der Waals surface area (Å²) in [6, 6.07) is 18.0. The Balaban J connectivity index is 1.77. The number of benzene rings is 3. The van der Waals surface area contributed by atoms with Gasteiger partial charge in [0.1, 0.15) is 5.75 Å². The minimum Gasteiger partial charge on any atom is -0.494 e. The Morgan fingerprint density at radius 2 is 1.79 bits per heavy atom. The van der Waals surface area contributed by atoms with Gasteiger partial charge in [-0.05, 0) is 49.0 Å². The van der Waals surface area contributed by atoms with Gasteiger partial charge in [-0.15, -0.1) is 0 Å². The molecule has 0 spiro atoms. The Hall–Kier alpha value is -2.90. The minimum atomic E-state index is -3.78. The summed E-state index contributed by atoms with van der Waals surface area (Å²) in [6.45, 7) is 1.16. The van der Waals surface area contributed by atoms with Crippen LogP contribution in [0.1, 0.15) is 12.8 Å². The number of fused-ring (bicyclic) bond motifs is 2. The number of ether oxygens (including phenoxy) is 1. The van der Waals surface area contributed by atoms with Crippen LogP contribution in [0.4, 0.5) is 0 Å². The maximum Gasteiger partial charge on any atom is 0.224 e. The van der Waals surface area contributed by atoms with Gasteiger partial charge in [-0.1, -0.05) is 36.4 Å². The first kappa shape index (κ1) is 18.5. The fraction of sp³-hybridized carbons (Fsp3) is 0.190. The van der Waals surface area contributed by atoms with Crippen LogP contribution in [0, 0.1) is 0 Å². The fourth-order valence-corrected chi connectivity index (χ4v) is 4.81. The molecule has 0 bridgehead atoms. The number of sulfone groups is 1. The van der Waals surface area contributed by atoms with Crippen LogP contribution in [0.2, 0.25) is 0 Å². The fourth-order valence-electron chi connectivity index (χ4n) is 3.24. The first-order valence-corrected chi connectivity index (χ1v) is 10.6. The highest BCUT2D eigenvalue weighted by Crippen LogP contribution is 2.32. The van der Waals surface area contributed by atoms with Crippen LogP contribution in [0.3, 0.4) is 0 Å². The second-order valence-electron chi connectivity index (χ2n) is 6.56. The molecule has 0 atom stereocenters. The largest absolute Gasteiger partial charge is 0.494 e. The molecule has 4 aromatic rings. The van der Waals surface area contributed by atoms with Gasteiger partial charge in [-0.2, -0.15) is 5.10 Å². The highest BCUT2D eigenvalue weighted by molar-refractivity contribution is 7.91. The Morgan fingerprint density at radius 3 is 2.64 bits per heavy atom. The first-order valence-electron chi connectivity index (χ1n) is 9.15. The zero-order chi connectivity index (χ0) is 19.6. The maximum atomic E-state index is 13.4. The molecule has 1 heterocycles. The highest BCUT2D eigenvalue weighted by atomic mass is 32.2. The molecular weight excluding hydrogens is 374 g/mol. The molecule has 0 saturated heterocycles. The molecular formula is C21H21N3O3S. The summed E-state index contributed by atoms with van der Waals surface area (Å²) in [5, 5.41) is 9.02. The lowest BCUT2D eigenvalue weighted by Gasteiger charge is -2.08. The third-order valence-electron chi connectivity index (χ3n) is 4.67. The summed E-state index contributed by atoms with van der Waals surface area (Å²) >= 11 is 0. The number of nitrogens with zero attached hydrogens (tertiary/aromatic N) is 1. The lowest BCUT2D eigenvalue weighted by atomic mass is 10.1. The Labute approximate surface area is 163 Å². The number of hydrogen-bond donors (Lipinski definition) is 2. The lowest BCUT2D eigenvalue weighted by molar-refractivity contribution is 0.308. The third kappa shape index (κ3) is 3.34. The molecule has 3 N–H and O–H groups in total. The minimum absolute atomic E-state index is 0.0752. The van der Waals surface area contributed by atoms with Gasteiger partial charge in [0, 0.05) is 10.8 Å². The van der Waals surface area contributed by atoms with E-state index in [4.69, 9.17) is 10.5 Å². The lowest BCUT2D eigenvalue weighted by Crippen LogP contribution is -2.04. The summed E-state index contributed by atoms with van der Waals surface area (Å²) in [7, 11) is -3.78. The molecule has 0 radical (unpaired) electrons. The van der Waals surface area contributed by atoms with E-state index in [1.807, 2.05) is 30.3 Å². The maximum absolute atomic E-state index is 13.4. The van der Waals surface area contributed by atoms with E-state index in [1.54, 1.807) is 30.3 Å². The molecule has 0 aliphatic rings. The molecule has 0 fully saturated rings. The van der Waals surface area contributed by atoms with E-state index in [-0.39, 0.29) is 9.92 Å². The van der Waals surface area contributed by atoms with Crippen molar-refractivity contribution < 1.29 is 13.2 Å². The van der Waals surface area contributed by atoms with Crippen LogP contribution in [-0.4, -0.2) is 31.8 Å². The monoisotopic (exact) mass is 395 g/mol. The second kappa shape index (κ2) is 7.61. The van der Waals surface area contributed by atoms with Crippen molar-refractivity contribution in [3.8, 4) is 5.75 Å². The SMILES string of the molecule is NCCCCOc1ccc2n[nH]c(S(=O)(=O)c3cccc4ccccc34)c2c1. The highest BCUT2D eigenvalue weighted by Gasteiger charge is 2.25. The van der Waals surface area contributed by atoms with E-state index in [0.29, 0.717) is 35.2 Å². The molecule has 0 aliphatic carbocycles. The Kier molecular flexibility index (Phi) is 5.02. The average Bonchev–Trinajstić information content (AvgIpc) is 3.15. The Bertz CT molecular complexity index is 1230. The van der Waals surface area contributed by atoms with Gasteiger partial charge in [0.05, 0.1) is 17.0 Å². The van der Waals surface area contributed by atoms with Crippen LogP contribution < -0.4 is 10.5 Å². The predicted molar refractivity (Wildman–Crippen MR) is 109 cm³/mol. The van der Waals surface area contributed by atoms with Crippen molar-refractivity contribution in [3.05, 3.63) is 60.7 Å². The number of rotatable bonds is 7. The number of H-pyrrole nitrogens is 1. The molecule has 3 aromatic carbocycles. The standard InChI is InChI=1S/C21H21N3O3S/c22-12-3-4-13-27-16-10-11-19-18(14-16)21(24-23-19)28(25,26)20-9-5-7-15-6-1-2-8-17(15)20/h1-2,5-11,14H,3-4,12-13,22H2,(H,23,24). The second-order valence-corrected chi connectivity index (χ2v) is 8.41. The molecule has 4 rings (SSSR count). The zero-order valence-corrected chi connectivity index (χ0v) is 16.1. The number of unbranched alkanes of at least 4 members (excludes halogenated alkanes) is 1. The summed E-state index contributed by atoms with van der Waals surface area (Å²) in [6.07, 6.45) is 1.73. The van der Waals surface area contributed by atoms with Crippen molar-refractivity contribution in [1.82, 2.24) is 10.2 Å². The van der Waals surface area contributed by atoms with Gasteiger partial charge in [0.25, 0.3) is 0 Å². The van der Waals surface area contributed by atoms with Gasteiger partial charge in [0.2, 0.25) is 9.84 Å². The number of nitrogens with two attached hydrogens (primary N) is 1. The number of aromatic nitrogens is 2. The molecule has 7 heteroatoms. The smallest absolute Gasteiger partial charge is 0.224 e. The number of hydrogen-bond acceptors (Lipinski definition) is 5. The van der Waals surface area contributed by atoms with E-state index >= 15 is 0 Å². The van der Waals surface area contributed by atoms with Crippen molar-refractivity contribution in [2.75, 3.05) is 13.2 Å². The van der Waals surface area contributed by atoms with Crippen LogP contribution in [-0.2, 0) is 9.84 Å². The summed E-state index contributed by atoms with van der Waals surface area (Å²) in [5.74, 6) is 0.611. The molecule has 0 aliphatic heterocycles. The van der Waals surface area contributed by atoms with Crippen LogP contribution in [0.25, 0.3) is 21.7 Å². The van der Waals surface area contributed by atoms with Crippen molar-refractivity contribution in [2.24, 2.45) is 5.73 Å². The van der Waals surface area contributed by atoms with Gasteiger partial charge < -0.3 is 10.5 Å². The molecule has 1 aromatic heterocycles. The first-order chi connectivity index (χ1) is 13.6. The molecule has 144 valence electrons. The molecule has 0 saturated carbocycles. The van der Waals surface area contributed by atoms with Gasteiger partial charge in [0.15, 0.2) is 5.03 Å². The molecule has 0 amide bonds. The van der Waals surface area contributed by atoms with Crippen LogP contribution >= 0.6 is 0 Å². The molecule has 6 nitrogen and oxygen atoms in total. The normalized spacial score (nSPS) is 11.9. The van der Waals surface area contributed by atoms with Crippen LogP contribution in [0.15, 0.2) is 70.6 Å². The summed E-state index contributed by atoms with van der Waals surface area (Å²) < 4.78 is 32.6. The Morgan fingerprint density at radius 1 is 0.964 bits per heavy atom. The van der Waals surface area contributed by atoms with Crippen molar-refractivity contribution >= 4 is 31.5 Å². The van der Waals surface area contributed by atoms with Crippen molar-refractivity contribution in [3.63, 3.8) is 0 Å². The van der Waals surface area contributed by atoms with Crippen molar-refractivity contribution in [1.29, 1.82) is 0 Å². The van der Waals surface area contributed by atoms with E-state index in [2.05, 4.69) is 10.2 Å². The predicted octanol–water partition coefficient (Wildman–Crippen LogP) is 3.67. The van der Waals surface area contributed by atoms with Crippen LogP contribution in [0.5, 0.6) is 5.75 Å². The number of nitrogens with one attached hydrogen (secondary N) is 1. The number of aromatic amines is 1. The third-order valence-corrected chi connectivity index (χ3v) is 6.45. The molecule has 0 unspecified atom stereocenters. The topological polar surface area (TPSA) is 98.1 Å². The van der Waals surface area contributed by atoms with E-state index in [1.165, 1.54) is 0 Å². The van der Waals surface area contributed by atoms with Crippen molar-refractivity contribution in [2.45, 2.75) is 22.8 Å². The van der Waals surface area contributed by atoms with E-state index in [0.717, 1.165) is 18.2 Å². The quantitative estimate of drug-likeness (QED) is 0.465. The summed E-state index contributed by atoms with van der Waals surface area (Å²) in [5.41, 5.74) is 6.07. The van der Waals surface area contributed by atoms with Gasteiger partial charge in [-0.3, -0.25) is 5.10 Å². The summed E-state index contributed by atoms with van der Waals surface area (Å²) in [4.78, 5) is 0.255.